The molecule has 1 saturated carbocycles. The van der Waals surface area contributed by atoms with Gasteiger partial charge in [-0.3, -0.25) is 0 Å². The summed E-state index contributed by atoms with van der Waals surface area (Å²) in [5.74, 6) is 0.624. The van der Waals surface area contributed by atoms with Gasteiger partial charge in [0.05, 0.1) is 17.5 Å². The first-order valence-corrected chi connectivity index (χ1v) is 6.81. The number of rotatable bonds is 3. The van der Waals surface area contributed by atoms with E-state index >= 15 is 0 Å². The summed E-state index contributed by atoms with van der Waals surface area (Å²) in [6, 6.07) is 7.38. The van der Waals surface area contributed by atoms with Gasteiger partial charge in [0, 0.05) is 6.20 Å². The van der Waals surface area contributed by atoms with Crippen LogP contribution in [0.15, 0.2) is 36.7 Å². The van der Waals surface area contributed by atoms with Gasteiger partial charge in [0.15, 0.2) is 5.65 Å². The molecule has 0 unspecified atom stereocenters. The van der Waals surface area contributed by atoms with Gasteiger partial charge < -0.3 is 4.74 Å². The van der Waals surface area contributed by atoms with E-state index in [1.165, 1.54) is 0 Å². The van der Waals surface area contributed by atoms with Gasteiger partial charge in [-0.15, -0.1) is 0 Å². The lowest BCUT2D eigenvalue weighted by Gasteiger charge is -2.08. The van der Waals surface area contributed by atoms with Crippen LogP contribution in [0.2, 0.25) is 5.15 Å². The highest BCUT2D eigenvalue weighted by atomic mass is 35.5. The highest BCUT2D eigenvalue weighted by molar-refractivity contribution is 6.29. The minimum absolute atomic E-state index is 0.291. The molecule has 4 rings (SSSR count). The topological polar surface area (TPSA) is 52.3 Å². The molecule has 1 aliphatic rings. The third-order valence-corrected chi connectivity index (χ3v) is 3.38. The average Bonchev–Trinajstić information content (AvgIpc) is 3.17. The number of pyridine rings is 1. The summed E-state index contributed by atoms with van der Waals surface area (Å²) in [6.07, 6.45) is 5.96. The van der Waals surface area contributed by atoms with Crippen molar-refractivity contribution in [2.24, 2.45) is 0 Å². The van der Waals surface area contributed by atoms with Crippen LogP contribution in [0.1, 0.15) is 12.8 Å². The van der Waals surface area contributed by atoms with Crippen molar-refractivity contribution in [2.45, 2.75) is 18.9 Å². The van der Waals surface area contributed by atoms with E-state index in [2.05, 4.69) is 15.1 Å². The second-order valence-corrected chi connectivity index (χ2v) is 5.13. The van der Waals surface area contributed by atoms with Gasteiger partial charge in [0.1, 0.15) is 11.3 Å². The fourth-order valence-electron chi connectivity index (χ4n) is 2.06. The van der Waals surface area contributed by atoms with Crippen LogP contribution < -0.4 is 4.74 Å². The lowest BCUT2D eigenvalue weighted by molar-refractivity contribution is 0.292. The Morgan fingerprint density at radius 2 is 2.10 bits per heavy atom. The highest BCUT2D eigenvalue weighted by Crippen LogP contribution is 2.33. The van der Waals surface area contributed by atoms with Gasteiger partial charge in [-0.25, -0.2) is 14.5 Å². The van der Waals surface area contributed by atoms with Crippen molar-refractivity contribution >= 4 is 17.2 Å². The molecule has 3 heterocycles. The summed E-state index contributed by atoms with van der Waals surface area (Å²) < 4.78 is 7.55. The molecule has 0 radical (unpaired) electrons. The molecule has 0 atom stereocenters. The van der Waals surface area contributed by atoms with Crippen molar-refractivity contribution in [3.8, 4) is 17.1 Å². The third-order valence-electron chi connectivity index (χ3n) is 3.18. The predicted octanol–water partition coefficient (Wildman–Crippen LogP) is 2.99. The molecular formula is C14H11ClN4O. The SMILES string of the molecule is Clc1ccc2ncc(-c3cccnc3OC3CC3)n2n1. The molecule has 0 bridgehead atoms. The number of halogens is 1. The average molecular weight is 287 g/mol. The molecule has 20 heavy (non-hydrogen) atoms. The van der Waals surface area contributed by atoms with Crippen molar-refractivity contribution in [1.29, 1.82) is 0 Å². The number of fused-ring (bicyclic) bond motifs is 1. The lowest BCUT2D eigenvalue weighted by atomic mass is 10.2. The van der Waals surface area contributed by atoms with E-state index in [1.54, 1.807) is 23.0 Å². The van der Waals surface area contributed by atoms with Gasteiger partial charge in [-0.2, -0.15) is 5.10 Å². The third kappa shape index (κ3) is 2.00. The predicted molar refractivity (Wildman–Crippen MR) is 74.9 cm³/mol. The first-order chi connectivity index (χ1) is 9.81. The zero-order valence-corrected chi connectivity index (χ0v) is 11.3. The first-order valence-electron chi connectivity index (χ1n) is 6.43. The molecule has 1 fully saturated rings. The maximum absolute atomic E-state index is 5.96. The minimum Gasteiger partial charge on any atom is -0.474 e. The largest absolute Gasteiger partial charge is 0.474 e. The Hall–Kier alpha value is -2.14. The highest BCUT2D eigenvalue weighted by Gasteiger charge is 2.26. The van der Waals surface area contributed by atoms with E-state index in [9.17, 15) is 0 Å². The molecule has 3 aromatic rings. The standard InChI is InChI=1S/C14H11ClN4O/c15-12-5-6-13-17-8-11(19(13)18-12)10-2-1-7-16-14(10)20-9-3-4-9/h1-2,5-9H,3-4H2. The molecule has 0 N–H and O–H groups in total. The van der Waals surface area contributed by atoms with Crippen LogP contribution in [0, 0.1) is 0 Å². The molecule has 3 aromatic heterocycles. The van der Waals surface area contributed by atoms with Gasteiger partial charge in [0.2, 0.25) is 5.88 Å². The van der Waals surface area contributed by atoms with Crippen LogP contribution in [-0.4, -0.2) is 25.7 Å². The second kappa shape index (κ2) is 4.45. The summed E-state index contributed by atoms with van der Waals surface area (Å²) in [5.41, 5.74) is 2.44. The number of hydrogen-bond donors (Lipinski definition) is 0. The van der Waals surface area contributed by atoms with Gasteiger partial charge in [-0.05, 0) is 37.1 Å². The molecule has 1 aliphatic carbocycles. The number of aromatic nitrogens is 4. The van der Waals surface area contributed by atoms with Gasteiger partial charge >= 0.3 is 0 Å². The molecule has 0 saturated heterocycles. The van der Waals surface area contributed by atoms with Crippen LogP contribution >= 0.6 is 11.6 Å². The van der Waals surface area contributed by atoms with Crippen LogP contribution in [0.5, 0.6) is 5.88 Å². The quantitative estimate of drug-likeness (QED) is 0.743. The lowest BCUT2D eigenvalue weighted by Crippen LogP contribution is -2.01. The summed E-state index contributed by atoms with van der Waals surface area (Å²) in [7, 11) is 0. The van der Waals surface area contributed by atoms with Crippen LogP contribution in [0.4, 0.5) is 0 Å². The van der Waals surface area contributed by atoms with E-state index in [1.807, 2.05) is 18.2 Å². The molecule has 100 valence electrons. The van der Waals surface area contributed by atoms with Crippen LogP contribution in [0.25, 0.3) is 16.9 Å². The van der Waals surface area contributed by atoms with Gasteiger partial charge in [-0.1, -0.05) is 11.6 Å². The Morgan fingerprint density at radius 1 is 1.20 bits per heavy atom. The number of nitrogens with zero attached hydrogens (tertiary/aromatic N) is 4. The summed E-state index contributed by atoms with van der Waals surface area (Å²) >= 11 is 5.96. The fourth-order valence-corrected chi connectivity index (χ4v) is 2.20. The van der Waals surface area contributed by atoms with Crippen LogP contribution in [0.3, 0.4) is 0 Å². The number of imidazole rings is 1. The Kier molecular flexibility index (Phi) is 2.60. The summed E-state index contributed by atoms with van der Waals surface area (Å²) in [6.45, 7) is 0. The van der Waals surface area contributed by atoms with E-state index < -0.39 is 0 Å². The van der Waals surface area contributed by atoms with Crippen LogP contribution in [-0.2, 0) is 0 Å². The number of hydrogen-bond acceptors (Lipinski definition) is 4. The Morgan fingerprint density at radius 3 is 2.95 bits per heavy atom. The second-order valence-electron chi connectivity index (χ2n) is 4.74. The minimum atomic E-state index is 0.291. The Labute approximate surface area is 120 Å². The normalized spacial score (nSPS) is 14.7. The molecule has 0 spiro atoms. The summed E-state index contributed by atoms with van der Waals surface area (Å²) in [4.78, 5) is 8.65. The fraction of sp³-hybridized carbons (Fsp3) is 0.214. The molecule has 5 nitrogen and oxygen atoms in total. The van der Waals surface area contributed by atoms with Gasteiger partial charge in [0.25, 0.3) is 0 Å². The van der Waals surface area contributed by atoms with Crippen molar-refractivity contribution in [3.05, 3.63) is 41.8 Å². The maximum Gasteiger partial charge on any atom is 0.223 e. The molecule has 0 amide bonds. The monoisotopic (exact) mass is 286 g/mol. The zero-order chi connectivity index (χ0) is 13.5. The zero-order valence-electron chi connectivity index (χ0n) is 10.5. The van der Waals surface area contributed by atoms with Crippen molar-refractivity contribution in [3.63, 3.8) is 0 Å². The molecule has 6 heteroatoms. The van der Waals surface area contributed by atoms with Crippen molar-refractivity contribution in [1.82, 2.24) is 19.6 Å². The number of ether oxygens (including phenoxy) is 1. The van der Waals surface area contributed by atoms with E-state index in [4.69, 9.17) is 16.3 Å². The van der Waals surface area contributed by atoms with Crippen molar-refractivity contribution in [2.75, 3.05) is 0 Å². The molecule has 0 aromatic carbocycles. The van der Waals surface area contributed by atoms with E-state index in [-0.39, 0.29) is 0 Å². The molecule has 0 aliphatic heterocycles. The van der Waals surface area contributed by atoms with E-state index in [0.717, 1.165) is 29.7 Å². The smallest absolute Gasteiger partial charge is 0.223 e. The molecular weight excluding hydrogens is 276 g/mol. The summed E-state index contributed by atoms with van der Waals surface area (Å²) in [5, 5.41) is 4.71. The Balaban J connectivity index is 1.87. The Bertz CT molecular complexity index is 782. The van der Waals surface area contributed by atoms with Crippen molar-refractivity contribution < 1.29 is 4.74 Å². The first kappa shape index (κ1) is 11.7. The van der Waals surface area contributed by atoms with E-state index in [0.29, 0.717) is 17.1 Å². The maximum atomic E-state index is 5.96.